The van der Waals surface area contributed by atoms with E-state index in [9.17, 15) is 10.1 Å². The molecular weight excluding hydrogens is 342 g/mol. The SMILES string of the molecule is COc1ccc(CCNC(=O)/C(C#N)=C\Nc2ccc(C)cc2)cc1OC. The van der Waals surface area contributed by atoms with Crippen molar-refractivity contribution < 1.29 is 14.3 Å². The smallest absolute Gasteiger partial charge is 0.263 e. The number of ether oxygens (including phenoxy) is 2. The number of benzene rings is 2. The van der Waals surface area contributed by atoms with Crippen molar-refractivity contribution in [3.8, 4) is 17.6 Å². The van der Waals surface area contributed by atoms with Gasteiger partial charge in [0.05, 0.1) is 14.2 Å². The molecule has 6 heteroatoms. The number of amides is 1. The van der Waals surface area contributed by atoms with Gasteiger partial charge in [0.2, 0.25) is 0 Å². The van der Waals surface area contributed by atoms with E-state index in [2.05, 4.69) is 10.6 Å². The van der Waals surface area contributed by atoms with E-state index in [0.717, 1.165) is 16.8 Å². The molecule has 0 heterocycles. The summed E-state index contributed by atoms with van der Waals surface area (Å²) in [5, 5.41) is 14.9. The summed E-state index contributed by atoms with van der Waals surface area (Å²) in [7, 11) is 3.16. The van der Waals surface area contributed by atoms with Gasteiger partial charge in [0.25, 0.3) is 5.91 Å². The number of aryl methyl sites for hydroxylation is 1. The molecule has 2 aromatic rings. The van der Waals surface area contributed by atoms with E-state index in [-0.39, 0.29) is 5.57 Å². The van der Waals surface area contributed by atoms with Crippen molar-refractivity contribution in [1.82, 2.24) is 5.32 Å². The maximum Gasteiger partial charge on any atom is 0.263 e. The van der Waals surface area contributed by atoms with Crippen molar-refractivity contribution in [2.75, 3.05) is 26.1 Å². The fraction of sp³-hybridized carbons (Fsp3) is 0.238. The number of hydrogen-bond acceptors (Lipinski definition) is 5. The Morgan fingerprint density at radius 1 is 1.11 bits per heavy atom. The van der Waals surface area contributed by atoms with Gasteiger partial charge in [-0.1, -0.05) is 23.8 Å². The highest BCUT2D eigenvalue weighted by Gasteiger charge is 2.09. The average molecular weight is 365 g/mol. The van der Waals surface area contributed by atoms with E-state index in [1.807, 2.05) is 55.5 Å². The van der Waals surface area contributed by atoms with E-state index in [4.69, 9.17) is 9.47 Å². The van der Waals surface area contributed by atoms with Gasteiger partial charge in [0.15, 0.2) is 11.5 Å². The summed E-state index contributed by atoms with van der Waals surface area (Å²) in [6.45, 7) is 2.39. The van der Waals surface area contributed by atoms with Crippen molar-refractivity contribution in [2.24, 2.45) is 0 Å². The predicted molar refractivity (Wildman–Crippen MR) is 105 cm³/mol. The zero-order valence-corrected chi connectivity index (χ0v) is 15.7. The molecule has 0 saturated carbocycles. The Kier molecular flexibility index (Phi) is 7.26. The zero-order valence-electron chi connectivity index (χ0n) is 15.7. The molecule has 27 heavy (non-hydrogen) atoms. The van der Waals surface area contributed by atoms with Crippen molar-refractivity contribution >= 4 is 11.6 Å². The van der Waals surface area contributed by atoms with Gasteiger partial charge in [-0.3, -0.25) is 4.79 Å². The molecule has 0 aliphatic heterocycles. The van der Waals surface area contributed by atoms with Crippen LogP contribution in [0, 0.1) is 18.3 Å². The first-order valence-electron chi connectivity index (χ1n) is 8.50. The molecule has 2 N–H and O–H groups in total. The van der Waals surface area contributed by atoms with Gasteiger partial charge in [-0.15, -0.1) is 0 Å². The first kappa shape index (κ1) is 19.9. The van der Waals surface area contributed by atoms with E-state index in [0.29, 0.717) is 24.5 Å². The number of carbonyl (C=O) groups excluding carboxylic acids is 1. The molecule has 0 unspecified atom stereocenters. The second kappa shape index (κ2) is 9.88. The van der Waals surface area contributed by atoms with Crippen molar-refractivity contribution in [3.63, 3.8) is 0 Å². The summed E-state index contributed by atoms with van der Waals surface area (Å²) in [6.07, 6.45) is 2.02. The highest BCUT2D eigenvalue weighted by Crippen LogP contribution is 2.27. The Balaban J connectivity index is 1.90. The molecule has 0 spiro atoms. The second-order valence-corrected chi connectivity index (χ2v) is 5.88. The van der Waals surface area contributed by atoms with Crippen LogP contribution >= 0.6 is 0 Å². The molecule has 0 radical (unpaired) electrons. The molecule has 2 rings (SSSR count). The number of nitrogens with zero attached hydrogens (tertiary/aromatic N) is 1. The first-order valence-corrected chi connectivity index (χ1v) is 8.50. The average Bonchev–Trinajstić information content (AvgIpc) is 2.69. The highest BCUT2D eigenvalue weighted by molar-refractivity contribution is 5.97. The zero-order chi connectivity index (χ0) is 19.6. The minimum Gasteiger partial charge on any atom is -0.493 e. The van der Waals surface area contributed by atoms with Crippen LogP contribution in [0.4, 0.5) is 5.69 Å². The Morgan fingerprint density at radius 2 is 1.81 bits per heavy atom. The van der Waals surface area contributed by atoms with Gasteiger partial charge in [-0.2, -0.15) is 5.26 Å². The number of rotatable bonds is 8. The molecule has 0 fully saturated rings. The number of methoxy groups -OCH3 is 2. The van der Waals surface area contributed by atoms with Gasteiger partial charge in [-0.05, 0) is 43.2 Å². The molecule has 0 bridgehead atoms. The number of anilines is 1. The molecule has 140 valence electrons. The van der Waals surface area contributed by atoms with Crippen LogP contribution in [0.3, 0.4) is 0 Å². The summed E-state index contributed by atoms with van der Waals surface area (Å²) in [5.74, 6) is 0.876. The topological polar surface area (TPSA) is 83.4 Å². The standard InChI is InChI=1S/C21H23N3O3/c1-15-4-7-18(8-5-15)24-14-17(13-22)21(25)23-11-10-16-6-9-19(26-2)20(12-16)27-3/h4-9,12,14,24H,10-11H2,1-3H3,(H,23,25)/b17-14-. The number of hydrogen-bond donors (Lipinski definition) is 2. The minimum atomic E-state index is -0.419. The van der Waals surface area contributed by atoms with Gasteiger partial charge < -0.3 is 20.1 Å². The Labute approximate surface area is 159 Å². The van der Waals surface area contributed by atoms with Gasteiger partial charge in [-0.25, -0.2) is 0 Å². The Hall–Kier alpha value is -3.46. The normalized spacial score (nSPS) is 10.7. The lowest BCUT2D eigenvalue weighted by atomic mass is 10.1. The summed E-state index contributed by atoms with van der Waals surface area (Å²) >= 11 is 0. The largest absolute Gasteiger partial charge is 0.493 e. The third-order valence-electron chi connectivity index (χ3n) is 3.95. The molecule has 2 aromatic carbocycles. The van der Waals surface area contributed by atoms with Crippen LogP contribution in [0.2, 0.25) is 0 Å². The fourth-order valence-corrected chi connectivity index (χ4v) is 2.41. The van der Waals surface area contributed by atoms with Crippen LogP contribution in [0.15, 0.2) is 54.2 Å². The third-order valence-corrected chi connectivity index (χ3v) is 3.95. The van der Waals surface area contributed by atoms with Crippen LogP contribution in [0.1, 0.15) is 11.1 Å². The van der Waals surface area contributed by atoms with Crippen LogP contribution in [-0.4, -0.2) is 26.7 Å². The second-order valence-electron chi connectivity index (χ2n) is 5.88. The number of nitrogens with one attached hydrogen (secondary N) is 2. The van der Waals surface area contributed by atoms with Gasteiger partial charge in [0, 0.05) is 18.4 Å². The third kappa shape index (κ3) is 5.79. The monoisotopic (exact) mass is 365 g/mol. The Morgan fingerprint density at radius 3 is 2.44 bits per heavy atom. The minimum absolute atomic E-state index is 0.0166. The summed E-state index contributed by atoms with van der Waals surface area (Å²) in [6, 6.07) is 15.2. The molecule has 0 aliphatic carbocycles. The van der Waals surface area contributed by atoms with E-state index < -0.39 is 5.91 Å². The molecule has 0 atom stereocenters. The molecule has 1 amide bonds. The first-order chi connectivity index (χ1) is 13.1. The maximum absolute atomic E-state index is 12.2. The van der Waals surface area contributed by atoms with Crippen LogP contribution < -0.4 is 20.1 Å². The van der Waals surface area contributed by atoms with Crippen molar-refractivity contribution in [1.29, 1.82) is 5.26 Å². The van der Waals surface area contributed by atoms with E-state index in [1.165, 1.54) is 6.20 Å². The van der Waals surface area contributed by atoms with Crippen LogP contribution in [0.25, 0.3) is 0 Å². The summed E-state index contributed by atoms with van der Waals surface area (Å²) in [5.41, 5.74) is 2.96. The predicted octanol–water partition coefficient (Wildman–Crippen LogP) is 3.19. The van der Waals surface area contributed by atoms with Crippen molar-refractivity contribution in [2.45, 2.75) is 13.3 Å². The summed E-state index contributed by atoms with van der Waals surface area (Å²) in [4.78, 5) is 12.2. The molecule has 0 saturated heterocycles. The fourth-order valence-electron chi connectivity index (χ4n) is 2.41. The molecular formula is C21H23N3O3. The molecule has 0 aromatic heterocycles. The molecule has 6 nitrogen and oxygen atoms in total. The molecule has 0 aliphatic rings. The Bertz CT molecular complexity index is 852. The number of carbonyl (C=O) groups is 1. The lowest BCUT2D eigenvalue weighted by Crippen LogP contribution is -2.27. The highest BCUT2D eigenvalue weighted by atomic mass is 16.5. The van der Waals surface area contributed by atoms with E-state index >= 15 is 0 Å². The number of nitriles is 1. The quantitative estimate of drug-likeness (QED) is 0.554. The van der Waals surface area contributed by atoms with Gasteiger partial charge in [0.1, 0.15) is 11.6 Å². The van der Waals surface area contributed by atoms with Gasteiger partial charge >= 0.3 is 0 Å². The summed E-state index contributed by atoms with van der Waals surface area (Å²) < 4.78 is 10.5. The lowest BCUT2D eigenvalue weighted by Gasteiger charge is -2.10. The lowest BCUT2D eigenvalue weighted by molar-refractivity contribution is -0.117. The van der Waals surface area contributed by atoms with Crippen LogP contribution in [0.5, 0.6) is 11.5 Å². The maximum atomic E-state index is 12.2. The van der Waals surface area contributed by atoms with Crippen molar-refractivity contribution in [3.05, 3.63) is 65.4 Å². The van der Waals surface area contributed by atoms with E-state index in [1.54, 1.807) is 14.2 Å². The van der Waals surface area contributed by atoms with Crippen LogP contribution in [-0.2, 0) is 11.2 Å².